The Morgan fingerprint density at radius 2 is 2.11 bits per heavy atom. The van der Waals surface area contributed by atoms with Gasteiger partial charge in [-0.15, -0.1) is 0 Å². The summed E-state index contributed by atoms with van der Waals surface area (Å²) in [5.74, 6) is 0.728. The Balaban J connectivity index is 1.59. The van der Waals surface area contributed by atoms with Crippen molar-refractivity contribution < 1.29 is 4.79 Å². The lowest BCUT2D eigenvalue weighted by Crippen LogP contribution is -2.41. The lowest BCUT2D eigenvalue weighted by molar-refractivity contribution is -0.136. The highest BCUT2D eigenvalue weighted by Crippen LogP contribution is 2.35. The standard InChI is InChI=1S/C14H24N2OS/c1-18-11-3-2-7-16(8-6-11)14(17)12-9-10-4-5-13(12)15-10/h10-13,15H,2-9H2,1H3. The summed E-state index contributed by atoms with van der Waals surface area (Å²) in [6, 6.07) is 1.12. The molecular formula is C14H24N2OS. The molecule has 3 rings (SSSR count). The number of carbonyl (C=O) groups is 1. The second kappa shape index (κ2) is 5.41. The van der Waals surface area contributed by atoms with Crippen molar-refractivity contribution >= 4 is 17.7 Å². The number of hydrogen-bond acceptors (Lipinski definition) is 3. The van der Waals surface area contributed by atoms with Crippen molar-refractivity contribution in [1.29, 1.82) is 0 Å². The van der Waals surface area contributed by atoms with Gasteiger partial charge in [-0.1, -0.05) is 0 Å². The lowest BCUT2D eigenvalue weighted by Gasteiger charge is -2.27. The van der Waals surface area contributed by atoms with Crippen molar-refractivity contribution in [3.8, 4) is 0 Å². The van der Waals surface area contributed by atoms with Crippen molar-refractivity contribution in [2.45, 2.75) is 55.9 Å². The number of rotatable bonds is 2. The summed E-state index contributed by atoms with van der Waals surface area (Å²) >= 11 is 1.97. The van der Waals surface area contributed by atoms with Gasteiger partial charge in [0.1, 0.15) is 0 Å². The van der Waals surface area contributed by atoms with Gasteiger partial charge in [0.25, 0.3) is 0 Å². The fourth-order valence-corrected chi connectivity index (χ4v) is 4.60. The molecule has 4 unspecified atom stereocenters. The fraction of sp³-hybridized carbons (Fsp3) is 0.929. The normalized spacial score (nSPS) is 39.9. The summed E-state index contributed by atoms with van der Waals surface area (Å²) < 4.78 is 0. The summed E-state index contributed by atoms with van der Waals surface area (Å²) in [5, 5.41) is 4.35. The van der Waals surface area contributed by atoms with Crippen molar-refractivity contribution in [2.24, 2.45) is 5.92 Å². The second-order valence-electron chi connectivity index (χ2n) is 6.00. The molecule has 102 valence electrons. The van der Waals surface area contributed by atoms with Gasteiger partial charge in [0.05, 0.1) is 5.92 Å². The maximum atomic E-state index is 12.6. The third-order valence-corrected chi connectivity index (χ3v) is 6.08. The van der Waals surface area contributed by atoms with Gasteiger partial charge in [0.15, 0.2) is 0 Å². The maximum absolute atomic E-state index is 12.6. The Morgan fingerprint density at radius 3 is 2.78 bits per heavy atom. The molecule has 0 aromatic rings. The van der Waals surface area contributed by atoms with E-state index in [0.29, 0.717) is 18.0 Å². The average Bonchev–Trinajstić information content (AvgIpc) is 2.93. The first-order valence-corrected chi connectivity index (χ1v) is 8.64. The number of hydrogen-bond donors (Lipinski definition) is 1. The molecule has 1 amide bonds. The van der Waals surface area contributed by atoms with Crippen LogP contribution in [0.3, 0.4) is 0 Å². The van der Waals surface area contributed by atoms with E-state index < -0.39 is 0 Å². The van der Waals surface area contributed by atoms with Crippen LogP contribution in [-0.4, -0.2) is 47.5 Å². The first-order chi connectivity index (χ1) is 8.78. The van der Waals surface area contributed by atoms with Crippen LogP contribution in [0.25, 0.3) is 0 Å². The first-order valence-electron chi connectivity index (χ1n) is 7.35. The molecule has 3 heterocycles. The number of thioether (sulfide) groups is 1. The summed E-state index contributed by atoms with van der Waals surface area (Å²) in [4.78, 5) is 14.8. The van der Waals surface area contributed by atoms with Gasteiger partial charge < -0.3 is 10.2 Å². The van der Waals surface area contributed by atoms with Gasteiger partial charge in [-0.2, -0.15) is 11.8 Å². The maximum Gasteiger partial charge on any atom is 0.227 e. The molecule has 3 aliphatic heterocycles. The zero-order chi connectivity index (χ0) is 12.5. The lowest BCUT2D eigenvalue weighted by atomic mass is 9.88. The van der Waals surface area contributed by atoms with Gasteiger partial charge in [0.2, 0.25) is 5.91 Å². The molecule has 0 saturated carbocycles. The van der Waals surface area contributed by atoms with E-state index in [1.54, 1.807) is 0 Å². The molecule has 18 heavy (non-hydrogen) atoms. The summed E-state index contributed by atoms with van der Waals surface area (Å²) in [7, 11) is 0. The van der Waals surface area contributed by atoms with E-state index in [-0.39, 0.29) is 5.92 Å². The Hall–Kier alpha value is -0.220. The smallest absolute Gasteiger partial charge is 0.227 e. The Labute approximate surface area is 114 Å². The number of nitrogens with zero attached hydrogens (tertiary/aromatic N) is 1. The Morgan fingerprint density at radius 1 is 1.22 bits per heavy atom. The van der Waals surface area contributed by atoms with Crippen LogP contribution in [0.2, 0.25) is 0 Å². The SMILES string of the molecule is CSC1CCCN(C(=O)C2CC3CCC2N3)CC1. The molecule has 4 heteroatoms. The summed E-state index contributed by atoms with van der Waals surface area (Å²) in [5.41, 5.74) is 0. The monoisotopic (exact) mass is 268 g/mol. The van der Waals surface area contributed by atoms with E-state index in [4.69, 9.17) is 0 Å². The molecule has 1 N–H and O–H groups in total. The van der Waals surface area contributed by atoms with Crippen LogP contribution in [0.5, 0.6) is 0 Å². The Kier molecular flexibility index (Phi) is 3.85. The third-order valence-electron chi connectivity index (χ3n) is 4.94. The largest absolute Gasteiger partial charge is 0.342 e. The van der Waals surface area contributed by atoms with Gasteiger partial charge in [-0.05, 0) is 44.8 Å². The molecule has 3 saturated heterocycles. The first kappa shape index (κ1) is 12.8. The number of nitrogens with one attached hydrogen (secondary N) is 1. The van der Waals surface area contributed by atoms with Crippen molar-refractivity contribution in [3.63, 3.8) is 0 Å². The zero-order valence-corrected chi connectivity index (χ0v) is 12.0. The van der Waals surface area contributed by atoms with Crippen molar-refractivity contribution in [1.82, 2.24) is 10.2 Å². The molecule has 0 radical (unpaired) electrons. The molecule has 2 bridgehead atoms. The molecule has 3 fully saturated rings. The third kappa shape index (κ3) is 2.42. The molecule has 3 aliphatic rings. The van der Waals surface area contributed by atoms with Crippen LogP contribution in [0.1, 0.15) is 38.5 Å². The van der Waals surface area contributed by atoms with E-state index in [1.807, 2.05) is 11.8 Å². The molecule has 4 atom stereocenters. The highest BCUT2D eigenvalue weighted by atomic mass is 32.2. The number of carbonyl (C=O) groups excluding carboxylic acids is 1. The molecule has 0 aliphatic carbocycles. The van der Waals surface area contributed by atoms with Gasteiger partial charge in [-0.25, -0.2) is 0 Å². The van der Waals surface area contributed by atoms with Crippen LogP contribution >= 0.6 is 11.8 Å². The topological polar surface area (TPSA) is 32.3 Å². The number of fused-ring (bicyclic) bond motifs is 2. The molecule has 0 aromatic heterocycles. The molecule has 0 aromatic carbocycles. The van der Waals surface area contributed by atoms with Crippen molar-refractivity contribution in [3.05, 3.63) is 0 Å². The minimum Gasteiger partial charge on any atom is -0.342 e. The predicted octanol–water partition coefficient (Wildman–Crippen LogP) is 1.87. The summed E-state index contributed by atoms with van der Waals surface area (Å²) in [6.07, 6.45) is 9.42. The van der Waals surface area contributed by atoms with Crippen LogP contribution in [-0.2, 0) is 4.79 Å². The van der Waals surface area contributed by atoms with Crippen LogP contribution in [0.4, 0.5) is 0 Å². The van der Waals surface area contributed by atoms with Gasteiger partial charge >= 0.3 is 0 Å². The van der Waals surface area contributed by atoms with Crippen LogP contribution in [0, 0.1) is 5.92 Å². The van der Waals surface area contributed by atoms with E-state index in [9.17, 15) is 4.79 Å². The fourth-order valence-electron chi connectivity index (χ4n) is 3.85. The highest BCUT2D eigenvalue weighted by Gasteiger charge is 2.44. The predicted molar refractivity (Wildman–Crippen MR) is 75.8 cm³/mol. The highest BCUT2D eigenvalue weighted by molar-refractivity contribution is 7.99. The molecular weight excluding hydrogens is 244 g/mol. The van der Waals surface area contributed by atoms with Crippen LogP contribution in [0.15, 0.2) is 0 Å². The average molecular weight is 268 g/mol. The zero-order valence-electron chi connectivity index (χ0n) is 11.2. The van der Waals surface area contributed by atoms with Crippen molar-refractivity contribution in [2.75, 3.05) is 19.3 Å². The minimum absolute atomic E-state index is 0.287. The molecule has 0 spiro atoms. The Bertz CT molecular complexity index is 323. The van der Waals surface area contributed by atoms with Crippen LogP contribution < -0.4 is 5.32 Å². The van der Waals surface area contributed by atoms with E-state index in [0.717, 1.165) is 24.8 Å². The number of amides is 1. The van der Waals surface area contributed by atoms with E-state index in [1.165, 1.54) is 32.1 Å². The number of likely N-dealkylation sites (tertiary alicyclic amines) is 1. The van der Waals surface area contributed by atoms with Gasteiger partial charge in [0, 0.05) is 30.4 Å². The van der Waals surface area contributed by atoms with E-state index >= 15 is 0 Å². The summed E-state index contributed by atoms with van der Waals surface area (Å²) in [6.45, 7) is 1.97. The van der Waals surface area contributed by atoms with Gasteiger partial charge in [-0.3, -0.25) is 4.79 Å². The molecule has 3 nitrogen and oxygen atoms in total. The minimum atomic E-state index is 0.287. The quantitative estimate of drug-likeness (QED) is 0.830. The van der Waals surface area contributed by atoms with E-state index in [2.05, 4.69) is 16.5 Å². The second-order valence-corrected chi connectivity index (χ2v) is 7.14.